The summed E-state index contributed by atoms with van der Waals surface area (Å²) in [6.45, 7) is 0.728. The maximum Gasteiger partial charge on any atom is 0.216 e. The average molecular weight is 448 g/mol. The number of hydrogen-bond acceptors (Lipinski definition) is 5. The molecule has 0 radical (unpaired) electrons. The fraction of sp³-hybridized carbons (Fsp3) is 0.308. The molecule has 0 aliphatic carbocycles. The topological polar surface area (TPSA) is 75.4 Å². The summed E-state index contributed by atoms with van der Waals surface area (Å²) in [6, 6.07) is 3.53. The summed E-state index contributed by atoms with van der Waals surface area (Å²) in [5.41, 5.74) is 0.804. The minimum absolute atomic E-state index is 0.0802. The van der Waals surface area contributed by atoms with Gasteiger partial charge in [-0.2, -0.15) is 14.9 Å². The van der Waals surface area contributed by atoms with E-state index in [1.54, 1.807) is 23.0 Å². The molecule has 1 fully saturated rings. The molecule has 1 saturated heterocycles. The molecule has 116 valence electrons. The highest BCUT2D eigenvalue weighted by atomic mass is 79.9. The van der Waals surface area contributed by atoms with Crippen LogP contribution in [0.3, 0.4) is 0 Å². The van der Waals surface area contributed by atoms with E-state index in [1.807, 2.05) is 0 Å². The van der Waals surface area contributed by atoms with Crippen LogP contribution in [0.1, 0.15) is 30.3 Å². The zero-order valence-electron chi connectivity index (χ0n) is 11.3. The molecule has 1 aliphatic heterocycles. The van der Waals surface area contributed by atoms with Crippen LogP contribution in [0.15, 0.2) is 26.2 Å². The number of ether oxygens (including phenoxy) is 1. The maximum absolute atomic E-state index is 9.72. The largest absolute Gasteiger partial charge is 0.506 e. The van der Waals surface area contributed by atoms with E-state index in [0.717, 1.165) is 25.0 Å². The molecular weight excluding hydrogens is 436 g/mol. The Hall–Kier alpha value is -1.03. The average Bonchev–Trinajstić information content (AvgIpc) is 3.12. The number of rotatable bonds is 3. The highest BCUT2D eigenvalue weighted by molar-refractivity contribution is 9.11. The molecule has 0 spiro atoms. The number of benzene rings is 1. The fourth-order valence-corrected chi connectivity index (χ4v) is 3.60. The highest BCUT2D eigenvalue weighted by Gasteiger charge is 2.23. The van der Waals surface area contributed by atoms with Crippen molar-refractivity contribution >= 4 is 50.3 Å². The third-order valence-corrected chi connectivity index (χ3v) is 4.73. The summed E-state index contributed by atoms with van der Waals surface area (Å²) in [5.74, 6) is 0.827. The van der Waals surface area contributed by atoms with E-state index < -0.39 is 0 Å². The highest BCUT2D eigenvalue weighted by Crippen LogP contribution is 2.33. The third kappa shape index (κ3) is 3.17. The Kier molecular flexibility index (Phi) is 4.76. The zero-order valence-corrected chi connectivity index (χ0v) is 15.3. The lowest BCUT2D eigenvalue weighted by Gasteiger charge is -2.07. The predicted octanol–water partition coefficient (Wildman–Crippen LogP) is 3.90. The number of aromatic nitrogens is 3. The second-order valence-corrected chi connectivity index (χ2v) is 6.87. The Morgan fingerprint density at radius 2 is 2.18 bits per heavy atom. The van der Waals surface area contributed by atoms with Gasteiger partial charge in [-0.15, -0.1) is 0 Å². The molecule has 2 heterocycles. The molecular formula is C13H12Br2N4O2S. The Morgan fingerprint density at radius 3 is 2.82 bits per heavy atom. The lowest BCUT2D eigenvalue weighted by molar-refractivity contribution is 0.102. The van der Waals surface area contributed by atoms with Crippen LogP contribution >= 0.6 is 44.1 Å². The van der Waals surface area contributed by atoms with Gasteiger partial charge in [-0.1, -0.05) is 0 Å². The molecule has 2 aromatic rings. The molecule has 6 nitrogen and oxygen atoms in total. The quantitative estimate of drug-likeness (QED) is 0.552. The van der Waals surface area contributed by atoms with Crippen molar-refractivity contribution in [2.45, 2.75) is 18.9 Å². The van der Waals surface area contributed by atoms with Crippen LogP contribution in [-0.4, -0.2) is 32.8 Å². The van der Waals surface area contributed by atoms with Crippen LogP contribution in [0.4, 0.5) is 0 Å². The van der Waals surface area contributed by atoms with Crippen molar-refractivity contribution in [1.82, 2.24) is 14.9 Å². The van der Waals surface area contributed by atoms with Gasteiger partial charge in [0.15, 0.2) is 5.82 Å². The van der Waals surface area contributed by atoms with Gasteiger partial charge in [0.2, 0.25) is 4.77 Å². The summed E-state index contributed by atoms with van der Waals surface area (Å²) < 4.78 is 8.78. The first-order chi connectivity index (χ1) is 10.6. The Balaban J connectivity index is 1.93. The van der Waals surface area contributed by atoms with E-state index in [4.69, 9.17) is 17.0 Å². The van der Waals surface area contributed by atoms with E-state index in [9.17, 15) is 5.11 Å². The smallest absolute Gasteiger partial charge is 0.216 e. The zero-order chi connectivity index (χ0) is 15.7. The lowest BCUT2D eigenvalue weighted by atomic mass is 10.2. The molecule has 9 heteroatoms. The second-order valence-electron chi connectivity index (χ2n) is 4.78. The third-order valence-electron chi connectivity index (χ3n) is 3.25. The monoisotopic (exact) mass is 446 g/mol. The SMILES string of the molecule is Oc1c(Br)cc(/C=N\n2c(C3CCCO3)n[nH]c2=S)cc1Br. The van der Waals surface area contributed by atoms with Gasteiger partial charge < -0.3 is 9.84 Å². The number of phenols is 1. The predicted molar refractivity (Wildman–Crippen MR) is 91.8 cm³/mol. The first-order valence-corrected chi connectivity index (χ1v) is 8.57. The maximum atomic E-state index is 9.72. The van der Waals surface area contributed by atoms with Gasteiger partial charge in [0, 0.05) is 6.61 Å². The number of hydrogen-bond donors (Lipinski definition) is 2. The summed E-state index contributed by atoms with van der Waals surface area (Å²) in [4.78, 5) is 0. The number of aromatic amines is 1. The molecule has 0 amide bonds. The van der Waals surface area contributed by atoms with Crippen molar-refractivity contribution in [3.05, 3.63) is 37.2 Å². The molecule has 3 rings (SSSR count). The van der Waals surface area contributed by atoms with Crippen LogP contribution in [0.5, 0.6) is 5.75 Å². The normalized spacial score (nSPS) is 18.4. The lowest BCUT2D eigenvalue weighted by Crippen LogP contribution is -2.05. The molecule has 1 aromatic carbocycles. The minimum Gasteiger partial charge on any atom is -0.506 e. The van der Waals surface area contributed by atoms with Gasteiger partial charge in [0.1, 0.15) is 11.9 Å². The molecule has 1 unspecified atom stereocenters. The van der Waals surface area contributed by atoms with E-state index in [0.29, 0.717) is 19.5 Å². The number of H-pyrrole nitrogens is 1. The molecule has 0 bridgehead atoms. The number of aromatic hydroxyl groups is 1. The Labute approximate surface area is 148 Å². The van der Waals surface area contributed by atoms with E-state index in [-0.39, 0.29) is 11.9 Å². The first-order valence-electron chi connectivity index (χ1n) is 6.57. The van der Waals surface area contributed by atoms with Gasteiger partial charge >= 0.3 is 0 Å². The van der Waals surface area contributed by atoms with Gasteiger partial charge in [0.25, 0.3) is 0 Å². The van der Waals surface area contributed by atoms with Crippen LogP contribution < -0.4 is 0 Å². The van der Waals surface area contributed by atoms with Crippen LogP contribution in [-0.2, 0) is 4.74 Å². The van der Waals surface area contributed by atoms with Crippen molar-refractivity contribution < 1.29 is 9.84 Å². The minimum atomic E-state index is -0.0802. The van der Waals surface area contributed by atoms with Crippen molar-refractivity contribution in [1.29, 1.82) is 0 Å². The fourth-order valence-electron chi connectivity index (χ4n) is 2.19. The molecule has 1 aromatic heterocycles. The Bertz CT molecular complexity index is 758. The summed E-state index contributed by atoms with van der Waals surface area (Å²) in [5, 5.41) is 21.1. The van der Waals surface area contributed by atoms with Gasteiger partial charge in [-0.05, 0) is 74.6 Å². The van der Waals surface area contributed by atoms with Gasteiger partial charge in [0.05, 0.1) is 15.2 Å². The van der Waals surface area contributed by atoms with Crippen molar-refractivity contribution in [2.75, 3.05) is 6.61 Å². The van der Waals surface area contributed by atoms with Crippen LogP contribution in [0.25, 0.3) is 0 Å². The molecule has 1 atom stereocenters. The summed E-state index contributed by atoms with van der Waals surface area (Å²) in [6.07, 6.45) is 3.49. The number of halogens is 2. The van der Waals surface area contributed by atoms with Crippen LogP contribution in [0, 0.1) is 4.77 Å². The first kappa shape index (κ1) is 15.9. The number of phenolic OH excluding ortho intramolecular Hbond substituents is 1. The van der Waals surface area contributed by atoms with Gasteiger partial charge in [-0.25, -0.2) is 0 Å². The molecule has 2 N–H and O–H groups in total. The van der Waals surface area contributed by atoms with E-state index in [2.05, 4.69) is 47.2 Å². The van der Waals surface area contributed by atoms with Crippen molar-refractivity contribution in [3.63, 3.8) is 0 Å². The van der Waals surface area contributed by atoms with E-state index >= 15 is 0 Å². The molecule has 1 aliphatic rings. The van der Waals surface area contributed by atoms with Crippen LogP contribution in [0.2, 0.25) is 0 Å². The van der Waals surface area contributed by atoms with E-state index in [1.165, 1.54) is 0 Å². The summed E-state index contributed by atoms with van der Waals surface area (Å²) >= 11 is 11.8. The molecule has 22 heavy (non-hydrogen) atoms. The number of nitrogens with zero attached hydrogens (tertiary/aromatic N) is 3. The number of nitrogens with one attached hydrogen (secondary N) is 1. The standard InChI is InChI=1S/C13H12Br2N4O2S/c14-8-4-7(5-9(15)11(8)20)6-16-19-12(17-18-13(19)22)10-2-1-3-21-10/h4-6,10,20H,1-3H2,(H,18,22)/b16-6-. The van der Waals surface area contributed by atoms with Crippen molar-refractivity contribution in [2.24, 2.45) is 5.10 Å². The molecule has 0 saturated carbocycles. The summed E-state index contributed by atoms with van der Waals surface area (Å²) in [7, 11) is 0. The second kappa shape index (κ2) is 6.61. The van der Waals surface area contributed by atoms with Gasteiger partial charge in [-0.3, -0.25) is 5.10 Å². The van der Waals surface area contributed by atoms with Crippen molar-refractivity contribution in [3.8, 4) is 5.75 Å². The Morgan fingerprint density at radius 1 is 1.45 bits per heavy atom.